The van der Waals surface area contributed by atoms with E-state index in [0.717, 1.165) is 17.3 Å². The first-order valence-corrected chi connectivity index (χ1v) is 9.67. The van der Waals surface area contributed by atoms with Gasteiger partial charge in [-0.1, -0.05) is 12.1 Å². The third kappa shape index (κ3) is 5.03. The van der Waals surface area contributed by atoms with Crippen LogP contribution in [0.1, 0.15) is 21.6 Å². The third-order valence-corrected chi connectivity index (χ3v) is 5.10. The molecule has 8 nitrogen and oxygen atoms in total. The number of halogens is 1. The molecule has 7 N–H and O–H groups in total. The SMILES string of the molecule is Cc1cc(Nc2cc(N[C@H](Cc3ccc(O)cc3)C(N)=O)c(F)cc2C(N)=O)sn1. The quantitative estimate of drug-likeness (QED) is 0.372. The summed E-state index contributed by atoms with van der Waals surface area (Å²) >= 11 is 1.17. The number of phenols is 1. The maximum absolute atomic E-state index is 14.7. The summed E-state index contributed by atoms with van der Waals surface area (Å²) in [6, 6.07) is 9.43. The van der Waals surface area contributed by atoms with Gasteiger partial charge in [0.1, 0.15) is 22.6 Å². The lowest BCUT2D eigenvalue weighted by Gasteiger charge is -2.19. The zero-order chi connectivity index (χ0) is 21.8. The van der Waals surface area contributed by atoms with Gasteiger partial charge in [0.05, 0.1) is 22.6 Å². The van der Waals surface area contributed by atoms with Gasteiger partial charge in [-0.05, 0) is 54.4 Å². The van der Waals surface area contributed by atoms with Crippen LogP contribution >= 0.6 is 11.5 Å². The molecule has 0 aliphatic carbocycles. The number of phenolic OH excluding ortho intramolecular Hbond substituents is 1. The molecule has 0 fully saturated rings. The van der Waals surface area contributed by atoms with Crippen LogP contribution in [0.4, 0.5) is 20.8 Å². The van der Waals surface area contributed by atoms with Crippen LogP contribution in [0, 0.1) is 12.7 Å². The molecule has 0 aliphatic rings. The zero-order valence-electron chi connectivity index (χ0n) is 16.0. The van der Waals surface area contributed by atoms with Crippen LogP contribution < -0.4 is 22.1 Å². The first-order chi connectivity index (χ1) is 14.2. The average Bonchev–Trinajstić information content (AvgIpc) is 3.09. The molecule has 3 rings (SSSR count). The normalized spacial score (nSPS) is 11.7. The first kappa shape index (κ1) is 21.1. The molecule has 156 valence electrons. The van der Waals surface area contributed by atoms with Crippen LogP contribution in [-0.2, 0) is 11.2 Å². The van der Waals surface area contributed by atoms with E-state index in [2.05, 4.69) is 15.0 Å². The van der Waals surface area contributed by atoms with Crippen molar-refractivity contribution in [2.24, 2.45) is 11.5 Å². The Balaban J connectivity index is 1.90. The number of nitrogens with one attached hydrogen (secondary N) is 2. The molecule has 30 heavy (non-hydrogen) atoms. The van der Waals surface area contributed by atoms with Gasteiger partial charge >= 0.3 is 0 Å². The molecular weight excluding hydrogens is 409 g/mol. The van der Waals surface area contributed by atoms with Crippen LogP contribution in [0.25, 0.3) is 0 Å². The summed E-state index contributed by atoms with van der Waals surface area (Å²) in [7, 11) is 0. The zero-order valence-corrected chi connectivity index (χ0v) is 16.8. The van der Waals surface area contributed by atoms with Crippen molar-refractivity contribution in [2.45, 2.75) is 19.4 Å². The lowest BCUT2D eigenvalue weighted by Crippen LogP contribution is -2.37. The lowest BCUT2D eigenvalue weighted by atomic mass is 10.0. The first-order valence-electron chi connectivity index (χ1n) is 8.90. The number of aromatic nitrogens is 1. The van der Waals surface area contributed by atoms with Gasteiger partial charge in [0.2, 0.25) is 5.91 Å². The predicted molar refractivity (Wildman–Crippen MR) is 113 cm³/mol. The number of amides is 2. The number of aromatic hydroxyl groups is 1. The topological polar surface area (TPSA) is 143 Å². The largest absolute Gasteiger partial charge is 0.508 e. The molecule has 0 spiro atoms. The second-order valence-corrected chi connectivity index (χ2v) is 7.47. The number of rotatable bonds is 8. The van der Waals surface area contributed by atoms with Gasteiger partial charge < -0.3 is 27.2 Å². The molecule has 0 saturated carbocycles. The Morgan fingerprint density at radius 1 is 1.17 bits per heavy atom. The summed E-state index contributed by atoms with van der Waals surface area (Å²) in [6.07, 6.45) is 0.170. The number of hydrogen-bond donors (Lipinski definition) is 5. The van der Waals surface area contributed by atoms with E-state index in [-0.39, 0.29) is 29.1 Å². The van der Waals surface area contributed by atoms with E-state index in [1.165, 1.54) is 29.7 Å². The second-order valence-electron chi connectivity index (χ2n) is 6.67. The summed E-state index contributed by atoms with van der Waals surface area (Å²) in [5.41, 5.74) is 12.6. The smallest absolute Gasteiger partial charge is 0.250 e. The Morgan fingerprint density at radius 2 is 1.87 bits per heavy atom. The maximum atomic E-state index is 14.7. The number of anilines is 3. The molecule has 1 atom stereocenters. The van der Waals surface area contributed by atoms with E-state index in [9.17, 15) is 19.1 Å². The highest BCUT2D eigenvalue weighted by atomic mass is 32.1. The van der Waals surface area contributed by atoms with Gasteiger partial charge in [0.25, 0.3) is 5.91 Å². The molecule has 1 heterocycles. The van der Waals surface area contributed by atoms with Crippen molar-refractivity contribution in [2.75, 3.05) is 10.6 Å². The van der Waals surface area contributed by atoms with Gasteiger partial charge in [0.15, 0.2) is 0 Å². The summed E-state index contributed by atoms with van der Waals surface area (Å²) < 4.78 is 18.8. The monoisotopic (exact) mass is 429 g/mol. The Morgan fingerprint density at radius 3 is 2.43 bits per heavy atom. The van der Waals surface area contributed by atoms with E-state index in [1.807, 2.05) is 6.92 Å². The van der Waals surface area contributed by atoms with E-state index in [4.69, 9.17) is 11.5 Å². The van der Waals surface area contributed by atoms with Crippen molar-refractivity contribution in [3.8, 4) is 5.75 Å². The molecule has 3 aromatic rings. The fourth-order valence-electron chi connectivity index (χ4n) is 2.82. The molecule has 0 unspecified atom stereocenters. The third-order valence-electron chi connectivity index (χ3n) is 4.31. The van der Waals surface area contributed by atoms with Crippen molar-refractivity contribution >= 4 is 39.7 Å². The molecule has 2 aromatic carbocycles. The number of hydrogen-bond acceptors (Lipinski definition) is 7. The van der Waals surface area contributed by atoms with E-state index in [0.29, 0.717) is 5.00 Å². The lowest BCUT2D eigenvalue weighted by molar-refractivity contribution is -0.118. The van der Waals surface area contributed by atoms with Crippen molar-refractivity contribution in [3.63, 3.8) is 0 Å². The number of carbonyl (C=O) groups excluding carboxylic acids is 2. The summed E-state index contributed by atoms with van der Waals surface area (Å²) in [6.45, 7) is 1.81. The number of nitrogens with zero attached hydrogens (tertiary/aromatic N) is 1. The van der Waals surface area contributed by atoms with Gasteiger partial charge in [-0.15, -0.1) is 0 Å². The highest BCUT2D eigenvalue weighted by Crippen LogP contribution is 2.30. The fraction of sp³-hybridized carbons (Fsp3) is 0.150. The van der Waals surface area contributed by atoms with Gasteiger partial charge in [-0.3, -0.25) is 9.59 Å². The van der Waals surface area contributed by atoms with E-state index < -0.39 is 23.7 Å². The molecule has 1 aromatic heterocycles. The van der Waals surface area contributed by atoms with E-state index in [1.54, 1.807) is 18.2 Å². The Kier molecular flexibility index (Phi) is 6.17. The maximum Gasteiger partial charge on any atom is 0.250 e. The minimum atomic E-state index is -0.929. The second kappa shape index (κ2) is 8.78. The van der Waals surface area contributed by atoms with Crippen LogP contribution in [0.15, 0.2) is 42.5 Å². The minimum Gasteiger partial charge on any atom is -0.508 e. The average molecular weight is 429 g/mol. The van der Waals surface area contributed by atoms with Crippen molar-refractivity contribution < 1.29 is 19.1 Å². The standard InChI is InChI=1S/C20H20FN5O3S/c1-10-6-18(30-26-10)25-15-9-16(14(21)8-13(15)19(22)28)24-17(20(23)29)7-11-2-4-12(27)5-3-11/h2-6,8-9,17,24-25,27H,7H2,1H3,(H2,22,28)(H2,23,29)/t17-/m1/s1. The number of carbonyl (C=O) groups is 2. The van der Waals surface area contributed by atoms with Crippen LogP contribution in [0.3, 0.4) is 0 Å². The van der Waals surface area contributed by atoms with Crippen molar-refractivity contribution in [1.29, 1.82) is 0 Å². The number of aryl methyl sites for hydroxylation is 1. The predicted octanol–water partition coefficient (Wildman–Crippen LogP) is 2.65. The van der Waals surface area contributed by atoms with E-state index >= 15 is 0 Å². The van der Waals surface area contributed by atoms with Crippen LogP contribution in [-0.4, -0.2) is 27.3 Å². The Bertz CT molecular complexity index is 1080. The summed E-state index contributed by atoms with van der Waals surface area (Å²) in [5, 5.41) is 15.8. The molecular formula is C20H20FN5O3S. The molecule has 2 amide bonds. The minimum absolute atomic E-state index is 0.0219. The molecule has 0 bridgehead atoms. The number of nitrogens with two attached hydrogens (primary N) is 2. The van der Waals surface area contributed by atoms with Crippen molar-refractivity contribution in [1.82, 2.24) is 4.37 Å². The fourth-order valence-corrected chi connectivity index (χ4v) is 3.50. The Hall–Kier alpha value is -3.66. The number of primary amides is 2. The van der Waals surface area contributed by atoms with Gasteiger partial charge in [0, 0.05) is 6.42 Å². The molecule has 10 heteroatoms. The van der Waals surface area contributed by atoms with Gasteiger partial charge in [-0.25, -0.2) is 4.39 Å². The van der Waals surface area contributed by atoms with Crippen molar-refractivity contribution in [3.05, 3.63) is 65.1 Å². The molecule has 0 radical (unpaired) electrons. The number of benzene rings is 2. The highest BCUT2D eigenvalue weighted by Gasteiger charge is 2.20. The van der Waals surface area contributed by atoms with Crippen LogP contribution in [0.5, 0.6) is 5.75 Å². The molecule has 0 aliphatic heterocycles. The summed E-state index contributed by atoms with van der Waals surface area (Å²) in [5.74, 6) is -2.16. The highest BCUT2D eigenvalue weighted by molar-refractivity contribution is 7.10. The van der Waals surface area contributed by atoms with Crippen LogP contribution in [0.2, 0.25) is 0 Å². The Labute approximate surface area is 175 Å². The summed E-state index contributed by atoms with van der Waals surface area (Å²) in [4.78, 5) is 23.7. The molecule has 0 saturated heterocycles. The van der Waals surface area contributed by atoms with Gasteiger partial charge in [-0.2, -0.15) is 4.37 Å².